The normalized spacial score (nSPS) is 12.4. The molecule has 8 nitrogen and oxygen atoms in total. The fraction of sp³-hybridized carbons (Fsp3) is 0.188. The number of rotatable bonds is 10. The number of halogens is 2. The van der Waals surface area contributed by atoms with Crippen molar-refractivity contribution in [2.45, 2.75) is 39.9 Å². The summed E-state index contributed by atoms with van der Waals surface area (Å²) in [6, 6.07) is 24.5. The van der Waals surface area contributed by atoms with Crippen LogP contribution in [0.2, 0.25) is 10.0 Å². The van der Waals surface area contributed by atoms with Gasteiger partial charge in [0.15, 0.2) is 12.2 Å². The van der Waals surface area contributed by atoms with Gasteiger partial charge in [-0.2, -0.15) is 5.11 Å². The van der Waals surface area contributed by atoms with Gasteiger partial charge in [-0.1, -0.05) is 41.4 Å². The molecule has 4 rings (SSSR count). The molecule has 0 fully saturated rings. The third-order valence-electron chi connectivity index (χ3n) is 6.17. The lowest BCUT2D eigenvalue weighted by Crippen LogP contribution is -2.31. The lowest BCUT2D eigenvalue weighted by molar-refractivity contribution is -0.122. The quantitative estimate of drug-likeness (QED) is 0.176. The van der Waals surface area contributed by atoms with E-state index in [0.29, 0.717) is 44.3 Å². The van der Waals surface area contributed by atoms with Crippen molar-refractivity contribution in [2.75, 3.05) is 10.6 Å². The molecule has 0 aromatic heterocycles. The predicted molar refractivity (Wildman–Crippen MR) is 167 cm³/mol. The molecule has 10 heteroatoms. The van der Waals surface area contributed by atoms with Gasteiger partial charge in [-0.15, -0.1) is 5.11 Å². The molecule has 0 bridgehead atoms. The van der Waals surface area contributed by atoms with E-state index >= 15 is 0 Å². The molecule has 4 aromatic rings. The lowest BCUT2D eigenvalue weighted by atomic mass is 10.2. The Hall–Kier alpha value is -4.40. The smallest absolute Gasteiger partial charge is 0.265 e. The molecule has 2 unspecified atom stereocenters. The van der Waals surface area contributed by atoms with Crippen LogP contribution in [0.5, 0.6) is 11.5 Å². The first-order chi connectivity index (χ1) is 20.1. The first-order valence-corrected chi connectivity index (χ1v) is 13.9. The lowest BCUT2D eigenvalue weighted by Gasteiger charge is -2.18. The van der Waals surface area contributed by atoms with E-state index in [1.54, 1.807) is 68.4 Å². The second-order valence-corrected chi connectivity index (χ2v) is 10.5. The van der Waals surface area contributed by atoms with Crippen molar-refractivity contribution in [1.29, 1.82) is 0 Å². The Morgan fingerprint density at radius 1 is 0.690 bits per heavy atom. The third kappa shape index (κ3) is 8.31. The Balaban J connectivity index is 1.53. The van der Waals surface area contributed by atoms with Crippen LogP contribution in [0.4, 0.5) is 22.7 Å². The van der Waals surface area contributed by atoms with Crippen LogP contribution in [-0.2, 0) is 9.59 Å². The number of hydrogen-bond acceptors (Lipinski definition) is 6. The predicted octanol–water partition coefficient (Wildman–Crippen LogP) is 8.84. The summed E-state index contributed by atoms with van der Waals surface area (Å²) in [4.78, 5) is 26.1. The first kappa shape index (κ1) is 30.6. The monoisotopic (exact) mass is 604 g/mol. The van der Waals surface area contributed by atoms with E-state index in [4.69, 9.17) is 32.7 Å². The summed E-state index contributed by atoms with van der Waals surface area (Å²) in [5.74, 6) is 0.294. The minimum atomic E-state index is -0.849. The molecule has 0 spiro atoms. The minimum Gasteiger partial charge on any atom is -0.481 e. The first-order valence-electron chi connectivity index (χ1n) is 13.2. The second kappa shape index (κ2) is 14.0. The van der Waals surface area contributed by atoms with Gasteiger partial charge in [-0.05, 0) is 106 Å². The van der Waals surface area contributed by atoms with Crippen LogP contribution in [0.3, 0.4) is 0 Å². The standard InChI is InChI=1S/C32H30Cl2N4O4/c1-19-16-23(33)10-14-29(19)41-21(3)31(39)35-26-12-13-27(38-37-25-8-6-5-7-9-25)28(18-26)36-32(40)22(4)42-30-15-11-24(34)17-20(30)2/h5-18,21-22H,1-4H3,(H,35,39)(H,36,40). The molecular formula is C32H30Cl2N4O4. The van der Waals surface area contributed by atoms with Crippen molar-refractivity contribution in [3.8, 4) is 11.5 Å². The molecule has 0 saturated heterocycles. The molecular weight excluding hydrogens is 575 g/mol. The summed E-state index contributed by atoms with van der Waals surface area (Å²) in [6.07, 6.45) is -1.66. The summed E-state index contributed by atoms with van der Waals surface area (Å²) in [7, 11) is 0. The van der Waals surface area contributed by atoms with Crippen molar-refractivity contribution in [2.24, 2.45) is 10.2 Å². The van der Waals surface area contributed by atoms with Gasteiger partial charge in [0.1, 0.15) is 17.2 Å². The number of amides is 2. The van der Waals surface area contributed by atoms with Crippen LogP contribution in [0.25, 0.3) is 0 Å². The summed E-state index contributed by atoms with van der Waals surface area (Å²) in [6.45, 7) is 6.98. The Bertz CT molecular complexity index is 1610. The fourth-order valence-corrected chi connectivity index (χ4v) is 4.32. The van der Waals surface area contributed by atoms with E-state index in [9.17, 15) is 9.59 Å². The van der Waals surface area contributed by atoms with E-state index < -0.39 is 18.1 Å². The molecule has 0 aliphatic carbocycles. The highest BCUT2D eigenvalue weighted by Gasteiger charge is 2.20. The summed E-state index contributed by atoms with van der Waals surface area (Å²) in [5, 5.41) is 15.4. The summed E-state index contributed by atoms with van der Waals surface area (Å²) in [5.41, 5.74) is 3.41. The van der Waals surface area contributed by atoms with Gasteiger partial charge in [0.2, 0.25) is 0 Å². The zero-order chi connectivity index (χ0) is 30.2. The average molecular weight is 606 g/mol. The van der Waals surface area contributed by atoms with Gasteiger partial charge in [-0.3, -0.25) is 9.59 Å². The number of ether oxygens (including phenoxy) is 2. The number of benzene rings is 4. The highest BCUT2D eigenvalue weighted by atomic mass is 35.5. The van der Waals surface area contributed by atoms with Gasteiger partial charge in [0.05, 0.1) is 11.4 Å². The average Bonchev–Trinajstić information content (AvgIpc) is 2.96. The summed E-state index contributed by atoms with van der Waals surface area (Å²) >= 11 is 12.1. The van der Waals surface area contributed by atoms with E-state index in [2.05, 4.69) is 20.9 Å². The number of nitrogens with one attached hydrogen (secondary N) is 2. The number of carbonyl (C=O) groups is 2. The molecule has 0 heterocycles. The second-order valence-electron chi connectivity index (χ2n) is 9.59. The Labute approximate surface area is 254 Å². The van der Waals surface area contributed by atoms with E-state index in [-0.39, 0.29) is 5.91 Å². The van der Waals surface area contributed by atoms with Gasteiger partial charge in [0.25, 0.3) is 11.8 Å². The van der Waals surface area contributed by atoms with Gasteiger partial charge < -0.3 is 20.1 Å². The molecule has 4 aromatic carbocycles. The van der Waals surface area contributed by atoms with Gasteiger partial charge in [-0.25, -0.2) is 0 Å². The molecule has 2 amide bonds. The molecule has 0 aliphatic rings. The maximum Gasteiger partial charge on any atom is 0.265 e. The van der Waals surface area contributed by atoms with Crippen molar-refractivity contribution in [3.05, 3.63) is 106 Å². The largest absolute Gasteiger partial charge is 0.481 e. The number of nitrogens with zero attached hydrogens (tertiary/aromatic N) is 2. The van der Waals surface area contributed by atoms with Gasteiger partial charge in [0, 0.05) is 15.7 Å². The molecule has 2 N–H and O–H groups in total. The SMILES string of the molecule is Cc1cc(Cl)ccc1OC(C)C(=O)Nc1ccc(N=Nc2ccccc2)c(NC(=O)C(C)Oc2ccc(Cl)cc2C)c1. The van der Waals surface area contributed by atoms with Crippen LogP contribution in [0.1, 0.15) is 25.0 Å². The van der Waals surface area contributed by atoms with Gasteiger partial charge >= 0.3 is 0 Å². The molecule has 0 radical (unpaired) electrons. The van der Waals surface area contributed by atoms with Crippen molar-refractivity contribution in [3.63, 3.8) is 0 Å². The molecule has 42 heavy (non-hydrogen) atoms. The Morgan fingerprint density at radius 2 is 1.24 bits per heavy atom. The highest BCUT2D eigenvalue weighted by molar-refractivity contribution is 6.31. The van der Waals surface area contributed by atoms with Crippen molar-refractivity contribution < 1.29 is 19.1 Å². The van der Waals surface area contributed by atoms with Crippen molar-refractivity contribution >= 4 is 57.8 Å². The molecule has 216 valence electrons. The Morgan fingerprint density at radius 3 is 1.79 bits per heavy atom. The Kier molecular flexibility index (Phi) is 10.2. The van der Waals surface area contributed by atoms with Crippen LogP contribution in [0, 0.1) is 13.8 Å². The van der Waals surface area contributed by atoms with Crippen molar-refractivity contribution in [1.82, 2.24) is 0 Å². The fourth-order valence-electron chi connectivity index (χ4n) is 3.86. The number of carbonyl (C=O) groups excluding carboxylic acids is 2. The van der Waals surface area contributed by atoms with E-state index in [0.717, 1.165) is 11.1 Å². The zero-order valence-electron chi connectivity index (χ0n) is 23.5. The van der Waals surface area contributed by atoms with E-state index in [1.165, 1.54) is 0 Å². The maximum absolute atomic E-state index is 13.2. The third-order valence-corrected chi connectivity index (χ3v) is 6.64. The topological polar surface area (TPSA) is 101 Å². The van der Waals surface area contributed by atoms with Crippen LogP contribution >= 0.6 is 23.2 Å². The van der Waals surface area contributed by atoms with Crippen LogP contribution in [-0.4, -0.2) is 24.0 Å². The van der Waals surface area contributed by atoms with Crippen LogP contribution in [0.15, 0.2) is 95.2 Å². The number of azo groups is 1. The van der Waals surface area contributed by atoms with Crippen LogP contribution < -0.4 is 20.1 Å². The molecule has 0 aliphatic heterocycles. The number of anilines is 2. The number of hydrogen-bond donors (Lipinski definition) is 2. The zero-order valence-corrected chi connectivity index (χ0v) is 25.0. The highest BCUT2D eigenvalue weighted by Crippen LogP contribution is 2.31. The van der Waals surface area contributed by atoms with E-state index in [1.807, 2.05) is 44.2 Å². The molecule has 2 atom stereocenters. The minimum absolute atomic E-state index is 0.336. The number of aryl methyl sites for hydroxylation is 2. The summed E-state index contributed by atoms with van der Waals surface area (Å²) < 4.78 is 11.7. The maximum atomic E-state index is 13.2. The molecule has 0 saturated carbocycles.